The van der Waals surface area contributed by atoms with Crippen molar-refractivity contribution in [3.05, 3.63) is 45.8 Å². The molecule has 1 aliphatic heterocycles. The largest absolute Gasteiger partial charge is 0.492 e. The van der Waals surface area contributed by atoms with Crippen molar-refractivity contribution in [1.29, 1.82) is 0 Å². The van der Waals surface area contributed by atoms with E-state index in [1.54, 1.807) is 6.07 Å². The maximum absolute atomic E-state index is 11.0. The van der Waals surface area contributed by atoms with Crippen molar-refractivity contribution < 1.29 is 19.5 Å². The second kappa shape index (κ2) is 6.04. The minimum Gasteiger partial charge on any atom is -0.492 e. The third-order valence-electron chi connectivity index (χ3n) is 3.65. The van der Waals surface area contributed by atoms with E-state index >= 15 is 0 Å². The molecule has 1 fully saturated rings. The van der Waals surface area contributed by atoms with Gasteiger partial charge in [-0.2, -0.15) is 0 Å². The minimum absolute atomic E-state index is 0.00564. The molecule has 1 N–H and O–H groups in total. The fourth-order valence-corrected chi connectivity index (χ4v) is 2.97. The molecule has 0 aliphatic carbocycles. The van der Waals surface area contributed by atoms with Crippen molar-refractivity contribution in [2.45, 2.75) is 0 Å². The molecule has 1 aliphatic rings. The molecule has 0 amide bonds. The van der Waals surface area contributed by atoms with E-state index in [0.29, 0.717) is 31.1 Å². The van der Waals surface area contributed by atoms with Crippen LogP contribution in [0.15, 0.2) is 35.7 Å². The van der Waals surface area contributed by atoms with E-state index in [0.717, 1.165) is 4.88 Å². The number of aliphatic hydroxyl groups excluding tert-OH is 1. The summed E-state index contributed by atoms with van der Waals surface area (Å²) in [6.07, 6.45) is 0. The summed E-state index contributed by atoms with van der Waals surface area (Å²) in [5.74, 6) is 0.577. The van der Waals surface area contributed by atoms with Crippen molar-refractivity contribution in [3.63, 3.8) is 0 Å². The monoisotopic (exact) mass is 321 g/mol. The Bertz CT molecular complexity index is 661. The van der Waals surface area contributed by atoms with Gasteiger partial charge in [0.05, 0.1) is 30.2 Å². The Morgan fingerprint density at radius 3 is 2.77 bits per heavy atom. The lowest BCUT2D eigenvalue weighted by Crippen LogP contribution is -2.49. The summed E-state index contributed by atoms with van der Waals surface area (Å²) in [6.45, 7) is 1.24. The molecule has 1 aromatic heterocycles. The highest BCUT2D eigenvalue weighted by Crippen LogP contribution is 2.37. The third kappa shape index (κ3) is 2.83. The Balaban J connectivity index is 1.88. The summed E-state index contributed by atoms with van der Waals surface area (Å²) >= 11 is 1.49. The Morgan fingerprint density at radius 2 is 2.23 bits per heavy atom. The van der Waals surface area contributed by atoms with E-state index in [1.165, 1.54) is 23.5 Å². The van der Waals surface area contributed by atoms with E-state index in [2.05, 4.69) is 0 Å². The number of ether oxygens (including phenoxy) is 2. The second-order valence-corrected chi connectivity index (χ2v) is 6.30. The van der Waals surface area contributed by atoms with Crippen molar-refractivity contribution in [3.8, 4) is 16.2 Å². The van der Waals surface area contributed by atoms with Crippen LogP contribution in [0.3, 0.4) is 0 Å². The van der Waals surface area contributed by atoms with Crippen LogP contribution in [-0.4, -0.2) is 36.5 Å². The van der Waals surface area contributed by atoms with Crippen LogP contribution >= 0.6 is 11.3 Å². The lowest BCUT2D eigenvalue weighted by atomic mass is 9.88. The Morgan fingerprint density at radius 1 is 1.41 bits per heavy atom. The highest BCUT2D eigenvalue weighted by Gasteiger charge is 2.39. The van der Waals surface area contributed by atoms with Crippen molar-refractivity contribution in [1.82, 2.24) is 0 Å². The van der Waals surface area contributed by atoms with Gasteiger partial charge < -0.3 is 14.6 Å². The molecule has 116 valence electrons. The average molecular weight is 321 g/mol. The van der Waals surface area contributed by atoms with Crippen LogP contribution in [0.4, 0.5) is 5.69 Å². The standard InChI is InChI=1S/C15H15NO5S/c17-7-15(8-20-9-15)10-21-13-4-3-11(16(18)19)6-12(13)14-2-1-5-22-14/h1-6,17H,7-10H2. The van der Waals surface area contributed by atoms with E-state index in [1.807, 2.05) is 17.5 Å². The maximum Gasteiger partial charge on any atom is 0.270 e. The number of hydrogen-bond acceptors (Lipinski definition) is 6. The van der Waals surface area contributed by atoms with Gasteiger partial charge in [-0.15, -0.1) is 11.3 Å². The SMILES string of the molecule is O=[N+]([O-])c1ccc(OCC2(CO)COC2)c(-c2cccs2)c1. The van der Waals surface area contributed by atoms with Gasteiger partial charge in [-0.05, 0) is 17.5 Å². The molecule has 22 heavy (non-hydrogen) atoms. The number of nitro groups is 1. The van der Waals surface area contributed by atoms with Gasteiger partial charge in [0.25, 0.3) is 5.69 Å². The minimum atomic E-state index is -0.421. The molecule has 1 saturated heterocycles. The molecule has 6 nitrogen and oxygen atoms in total. The first-order valence-electron chi connectivity index (χ1n) is 6.77. The van der Waals surface area contributed by atoms with E-state index in [4.69, 9.17) is 9.47 Å². The zero-order valence-electron chi connectivity index (χ0n) is 11.7. The number of non-ortho nitro benzene ring substituents is 1. The summed E-state index contributed by atoms with van der Waals surface area (Å²) in [5, 5.41) is 22.3. The Hall–Kier alpha value is -1.96. The molecule has 0 atom stereocenters. The molecule has 2 heterocycles. The molecule has 3 rings (SSSR count). The molecular formula is C15H15NO5S. The van der Waals surface area contributed by atoms with Gasteiger partial charge in [0.1, 0.15) is 12.4 Å². The molecular weight excluding hydrogens is 306 g/mol. The fourth-order valence-electron chi connectivity index (χ4n) is 2.22. The molecule has 0 radical (unpaired) electrons. The van der Waals surface area contributed by atoms with Gasteiger partial charge >= 0.3 is 0 Å². The Kier molecular flexibility index (Phi) is 4.10. The first-order chi connectivity index (χ1) is 10.6. The van der Waals surface area contributed by atoms with Crippen LogP contribution in [-0.2, 0) is 4.74 Å². The smallest absolute Gasteiger partial charge is 0.270 e. The molecule has 7 heteroatoms. The van der Waals surface area contributed by atoms with Gasteiger partial charge in [0.15, 0.2) is 0 Å². The summed E-state index contributed by atoms with van der Waals surface area (Å²) < 4.78 is 11.0. The zero-order valence-corrected chi connectivity index (χ0v) is 12.5. The van der Waals surface area contributed by atoms with Crippen LogP contribution < -0.4 is 4.74 Å². The number of hydrogen-bond donors (Lipinski definition) is 1. The van der Waals surface area contributed by atoms with Gasteiger partial charge in [-0.1, -0.05) is 6.07 Å². The van der Waals surface area contributed by atoms with Gasteiger partial charge in [-0.25, -0.2) is 0 Å². The predicted octanol–water partition coefficient (Wildman–Crippen LogP) is 2.71. The molecule has 0 bridgehead atoms. The van der Waals surface area contributed by atoms with Crippen LogP contribution in [0, 0.1) is 15.5 Å². The summed E-state index contributed by atoms with van der Waals surface area (Å²) in [4.78, 5) is 11.5. The highest BCUT2D eigenvalue weighted by molar-refractivity contribution is 7.13. The number of rotatable bonds is 6. The predicted molar refractivity (Wildman–Crippen MR) is 82.2 cm³/mol. The maximum atomic E-state index is 11.0. The number of nitro benzene ring substituents is 1. The topological polar surface area (TPSA) is 81.8 Å². The first kappa shape index (κ1) is 15.0. The quantitative estimate of drug-likeness (QED) is 0.653. The average Bonchev–Trinajstić information content (AvgIpc) is 3.00. The number of benzene rings is 1. The third-order valence-corrected chi connectivity index (χ3v) is 4.55. The fraction of sp³-hybridized carbons (Fsp3) is 0.333. The summed E-state index contributed by atoms with van der Waals surface area (Å²) in [6, 6.07) is 8.33. The van der Waals surface area contributed by atoms with Crippen LogP contribution in [0.2, 0.25) is 0 Å². The molecule has 0 saturated carbocycles. The van der Waals surface area contributed by atoms with Crippen LogP contribution in [0.5, 0.6) is 5.75 Å². The number of nitrogens with zero attached hydrogens (tertiary/aromatic N) is 1. The van der Waals surface area contributed by atoms with Gasteiger partial charge in [0.2, 0.25) is 0 Å². The lowest BCUT2D eigenvalue weighted by molar-refractivity contribution is -0.384. The summed E-state index contributed by atoms with van der Waals surface area (Å²) in [5.41, 5.74) is 0.353. The summed E-state index contributed by atoms with van der Waals surface area (Å²) in [7, 11) is 0. The van der Waals surface area contributed by atoms with Gasteiger partial charge in [0, 0.05) is 22.6 Å². The van der Waals surface area contributed by atoms with E-state index < -0.39 is 4.92 Å². The zero-order chi connectivity index (χ0) is 15.6. The molecule has 1 aromatic carbocycles. The molecule has 0 unspecified atom stereocenters. The highest BCUT2D eigenvalue weighted by atomic mass is 32.1. The van der Waals surface area contributed by atoms with Crippen molar-refractivity contribution in [2.75, 3.05) is 26.4 Å². The van der Waals surface area contributed by atoms with Gasteiger partial charge in [-0.3, -0.25) is 10.1 Å². The van der Waals surface area contributed by atoms with E-state index in [-0.39, 0.29) is 17.7 Å². The number of thiophene rings is 1. The lowest BCUT2D eigenvalue weighted by Gasteiger charge is -2.39. The molecule has 0 spiro atoms. The van der Waals surface area contributed by atoms with Crippen LogP contribution in [0.25, 0.3) is 10.4 Å². The second-order valence-electron chi connectivity index (χ2n) is 5.35. The van der Waals surface area contributed by atoms with Crippen molar-refractivity contribution >= 4 is 17.0 Å². The number of aliphatic hydroxyl groups is 1. The first-order valence-corrected chi connectivity index (χ1v) is 7.65. The molecule has 2 aromatic rings. The van der Waals surface area contributed by atoms with Crippen LogP contribution in [0.1, 0.15) is 0 Å². The Labute approximate surface area is 131 Å². The van der Waals surface area contributed by atoms with Crippen molar-refractivity contribution in [2.24, 2.45) is 5.41 Å². The normalized spacial score (nSPS) is 16.0. The van der Waals surface area contributed by atoms with E-state index in [9.17, 15) is 15.2 Å².